The largest absolute Gasteiger partial charge is 0.497 e. The first kappa shape index (κ1) is 12.9. The molecule has 1 aromatic rings. The van der Waals surface area contributed by atoms with E-state index in [0.29, 0.717) is 12.8 Å². The Labute approximate surface area is 107 Å². The lowest BCUT2D eigenvalue weighted by molar-refractivity contribution is 0.415. The molecule has 0 atom stereocenters. The number of sulfone groups is 1. The molecule has 5 nitrogen and oxygen atoms in total. The highest BCUT2D eigenvalue weighted by molar-refractivity contribution is 7.91. The number of hydrogen-bond acceptors (Lipinski definition) is 5. The average molecular weight is 268 g/mol. The summed E-state index contributed by atoms with van der Waals surface area (Å²) in [6.07, 6.45) is 1.04. The lowest BCUT2D eigenvalue weighted by Crippen LogP contribution is -2.23. The molecule has 1 aliphatic heterocycles. The Hall–Kier alpha value is -1.56. The zero-order valence-corrected chi connectivity index (χ0v) is 11.0. The highest BCUT2D eigenvalue weighted by Crippen LogP contribution is 2.16. The summed E-state index contributed by atoms with van der Waals surface area (Å²) in [6, 6.07) is 7.41. The van der Waals surface area contributed by atoms with Gasteiger partial charge in [-0.2, -0.15) is 5.10 Å². The smallest absolute Gasteiger partial charge is 0.151 e. The van der Waals surface area contributed by atoms with E-state index >= 15 is 0 Å². The van der Waals surface area contributed by atoms with Gasteiger partial charge in [0.15, 0.2) is 9.84 Å². The highest BCUT2D eigenvalue weighted by Gasteiger charge is 2.19. The molecule has 0 unspecified atom stereocenters. The Morgan fingerprint density at radius 2 is 1.78 bits per heavy atom. The van der Waals surface area contributed by atoms with Crippen molar-refractivity contribution in [2.75, 3.05) is 24.0 Å². The summed E-state index contributed by atoms with van der Waals surface area (Å²) in [4.78, 5) is 0. The van der Waals surface area contributed by atoms with Crippen molar-refractivity contribution in [1.82, 2.24) is 0 Å². The Balaban J connectivity index is 1.94. The van der Waals surface area contributed by atoms with Gasteiger partial charge in [-0.15, -0.1) is 0 Å². The summed E-state index contributed by atoms with van der Waals surface area (Å²) in [6.45, 7) is 0. The van der Waals surface area contributed by atoms with Gasteiger partial charge in [0.1, 0.15) is 5.75 Å². The third-order valence-electron chi connectivity index (χ3n) is 2.84. The van der Waals surface area contributed by atoms with Crippen molar-refractivity contribution in [2.45, 2.75) is 12.8 Å². The van der Waals surface area contributed by atoms with Gasteiger partial charge in [0.25, 0.3) is 0 Å². The number of methoxy groups -OCH3 is 1. The molecule has 0 bridgehead atoms. The van der Waals surface area contributed by atoms with E-state index in [1.165, 1.54) is 0 Å². The molecule has 1 aromatic carbocycles. The molecule has 1 aliphatic rings. The molecule has 98 valence electrons. The van der Waals surface area contributed by atoms with Crippen molar-refractivity contribution in [3.63, 3.8) is 0 Å². The summed E-state index contributed by atoms with van der Waals surface area (Å²) in [7, 11) is -1.22. The molecule has 0 saturated carbocycles. The van der Waals surface area contributed by atoms with E-state index in [1.807, 2.05) is 24.3 Å². The summed E-state index contributed by atoms with van der Waals surface area (Å²) < 4.78 is 27.6. The highest BCUT2D eigenvalue weighted by atomic mass is 32.2. The van der Waals surface area contributed by atoms with Gasteiger partial charge in [0, 0.05) is 18.6 Å². The minimum atomic E-state index is -2.83. The Morgan fingerprint density at radius 1 is 1.17 bits per heavy atom. The van der Waals surface area contributed by atoms with Crippen LogP contribution in [-0.4, -0.2) is 32.7 Å². The minimum Gasteiger partial charge on any atom is -0.497 e. The van der Waals surface area contributed by atoms with Gasteiger partial charge >= 0.3 is 0 Å². The van der Waals surface area contributed by atoms with E-state index in [0.717, 1.165) is 17.1 Å². The van der Waals surface area contributed by atoms with Crippen molar-refractivity contribution in [2.24, 2.45) is 5.10 Å². The van der Waals surface area contributed by atoms with Crippen LogP contribution in [0, 0.1) is 0 Å². The van der Waals surface area contributed by atoms with E-state index < -0.39 is 9.84 Å². The first-order chi connectivity index (χ1) is 8.59. The molecule has 1 saturated heterocycles. The number of ether oxygens (including phenoxy) is 1. The van der Waals surface area contributed by atoms with Crippen LogP contribution in [0.3, 0.4) is 0 Å². The number of nitrogens with zero attached hydrogens (tertiary/aromatic N) is 1. The first-order valence-corrected chi connectivity index (χ1v) is 7.57. The Bertz CT molecular complexity index is 519. The second kappa shape index (κ2) is 5.39. The normalized spacial score (nSPS) is 18.2. The summed E-state index contributed by atoms with van der Waals surface area (Å²) >= 11 is 0. The van der Waals surface area contributed by atoms with Crippen LogP contribution in [0.25, 0.3) is 0 Å². The van der Waals surface area contributed by atoms with Crippen LogP contribution >= 0.6 is 0 Å². The standard InChI is InChI=1S/C12H16N2O3S/c1-17-12-4-2-10(3-5-12)13-14-11-6-8-18(15,16)9-7-11/h2-5,13H,6-9H2,1H3. The number of benzene rings is 1. The molecule has 0 spiro atoms. The Morgan fingerprint density at radius 3 is 2.33 bits per heavy atom. The zero-order chi connectivity index (χ0) is 13.0. The molecule has 6 heteroatoms. The van der Waals surface area contributed by atoms with Crippen LogP contribution < -0.4 is 10.2 Å². The number of anilines is 1. The van der Waals surface area contributed by atoms with Crippen molar-refractivity contribution in [3.8, 4) is 5.75 Å². The van der Waals surface area contributed by atoms with Crippen LogP contribution in [0.1, 0.15) is 12.8 Å². The first-order valence-electron chi connectivity index (χ1n) is 5.75. The third kappa shape index (κ3) is 3.46. The van der Waals surface area contributed by atoms with Gasteiger partial charge in [0.2, 0.25) is 0 Å². The van der Waals surface area contributed by atoms with Gasteiger partial charge in [-0.1, -0.05) is 0 Å². The third-order valence-corrected chi connectivity index (χ3v) is 4.49. The number of rotatable bonds is 3. The van der Waals surface area contributed by atoms with Crippen molar-refractivity contribution >= 4 is 21.2 Å². The van der Waals surface area contributed by atoms with Crippen molar-refractivity contribution < 1.29 is 13.2 Å². The maximum atomic E-state index is 11.3. The van der Waals surface area contributed by atoms with Gasteiger partial charge in [0.05, 0.1) is 24.3 Å². The van der Waals surface area contributed by atoms with Gasteiger partial charge in [-0.05, 0) is 24.3 Å². The fourth-order valence-electron chi connectivity index (χ4n) is 1.69. The molecular weight excluding hydrogens is 252 g/mol. The van der Waals surface area contributed by atoms with E-state index in [1.54, 1.807) is 7.11 Å². The molecule has 18 heavy (non-hydrogen) atoms. The predicted octanol–water partition coefficient (Wildman–Crippen LogP) is 1.67. The van der Waals surface area contributed by atoms with Gasteiger partial charge in [-0.25, -0.2) is 8.42 Å². The number of hydrogen-bond donors (Lipinski definition) is 1. The lowest BCUT2D eigenvalue weighted by Gasteiger charge is -2.13. The molecule has 1 heterocycles. The summed E-state index contributed by atoms with van der Waals surface area (Å²) in [5.41, 5.74) is 4.69. The van der Waals surface area contributed by atoms with Crippen LogP contribution in [0.4, 0.5) is 5.69 Å². The zero-order valence-electron chi connectivity index (χ0n) is 10.2. The molecule has 2 rings (SSSR count). The molecule has 0 aromatic heterocycles. The number of nitrogens with one attached hydrogen (secondary N) is 1. The Kier molecular flexibility index (Phi) is 3.86. The van der Waals surface area contributed by atoms with Crippen LogP contribution in [-0.2, 0) is 9.84 Å². The average Bonchev–Trinajstić information content (AvgIpc) is 2.38. The molecule has 1 fully saturated rings. The minimum absolute atomic E-state index is 0.204. The fraction of sp³-hybridized carbons (Fsp3) is 0.417. The summed E-state index contributed by atoms with van der Waals surface area (Å²) in [5.74, 6) is 1.20. The van der Waals surface area contributed by atoms with Crippen LogP contribution in [0.5, 0.6) is 5.75 Å². The van der Waals surface area contributed by atoms with Crippen molar-refractivity contribution in [1.29, 1.82) is 0 Å². The van der Waals surface area contributed by atoms with Gasteiger partial charge in [-0.3, -0.25) is 5.43 Å². The maximum Gasteiger partial charge on any atom is 0.151 e. The SMILES string of the molecule is COc1ccc(NN=C2CCS(=O)(=O)CC2)cc1. The second-order valence-electron chi connectivity index (χ2n) is 4.17. The van der Waals surface area contributed by atoms with E-state index in [4.69, 9.17) is 4.74 Å². The van der Waals surface area contributed by atoms with Crippen LogP contribution in [0.2, 0.25) is 0 Å². The van der Waals surface area contributed by atoms with Gasteiger partial charge < -0.3 is 4.74 Å². The predicted molar refractivity (Wildman–Crippen MR) is 71.9 cm³/mol. The molecule has 1 N–H and O–H groups in total. The van der Waals surface area contributed by atoms with E-state index in [9.17, 15) is 8.42 Å². The second-order valence-corrected chi connectivity index (χ2v) is 6.47. The quantitative estimate of drug-likeness (QED) is 0.847. The molecule has 0 amide bonds. The van der Waals surface area contributed by atoms with E-state index in [-0.39, 0.29) is 11.5 Å². The topological polar surface area (TPSA) is 67.8 Å². The lowest BCUT2D eigenvalue weighted by atomic mass is 10.2. The molecule has 0 aliphatic carbocycles. The molecular formula is C12H16N2O3S. The monoisotopic (exact) mass is 268 g/mol. The molecule has 0 radical (unpaired) electrons. The number of hydrazone groups is 1. The maximum absolute atomic E-state index is 11.3. The fourth-order valence-corrected chi connectivity index (χ4v) is 2.99. The van der Waals surface area contributed by atoms with E-state index in [2.05, 4.69) is 10.5 Å². The summed E-state index contributed by atoms with van der Waals surface area (Å²) in [5, 5.41) is 4.24. The van der Waals surface area contributed by atoms with Crippen molar-refractivity contribution in [3.05, 3.63) is 24.3 Å². The van der Waals surface area contributed by atoms with Crippen LogP contribution in [0.15, 0.2) is 29.4 Å².